The minimum absolute atomic E-state index is 0.151. The van der Waals surface area contributed by atoms with Crippen LogP contribution in [0.2, 0.25) is 0 Å². The van der Waals surface area contributed by atoms with Gasteiger partial charge in [-0.2, -0.15) is 0 Å². The predicted molar refractivity (Wildman–Crippen MR) is 55.9 cm³/mol. The number of methoxy groups -OCH3 is 1. The van der Waals surface area contributed by atoms with Gasteiger partial charge in [0, 0.05) is 0 Å². The van der Waals surface area contributed by atoms with E-state index in [0.717, 1.165) is 0 Å². The summed E-state index contributed by atoms with van der Waals surface area (Å²) in [6, 6.07) is -0.151. The molecule has 0 heterocycles. The number of hydrogen-bond acceptors (Lipinski definition) is 6. The van der Waals surface area contributed by atoms with Gasteiger partial charge in [0.05, 0.1) is 0 Å². The van der Waals surface area contributed by atoms with Gasteiger partial charge in [-0.25, -0.2) is 0 Å². The van der Waals surface area contributed by atoms with Gasteiger partial charge in [0.2, 0.25) is 0 Å². The third-order valence-corrected chi connectivity index (χ3v) is 4.63. The van der Waals surface area contributed by atoms with Gasteiger partial charge in [-0.15, -0.1) is 0 Å². The molecular weight excluding hydrogens is 327 g/mol. The van der Waals surface area contributed by atoms with Crippen molar-refractivity contribution in [2.24, 2.45) is 11.5 Å². The van der Waals surface area contributed by atoms with E-state index in [1.807, 2.05) is 0 Å². The Morgan fingerprint density at radius 1 is 1.19 bits per heavy atom. The Kier molecular flexibility index (Phi) is 9.80. The molecule has 0 aliphatic rings. The maximum absolute atomic E-state index is 9.58. The second kappa shape index (κ2) is 9.51. The summed E-state index contributed by atoms with van der Waals surface area (Å²) in [7, 11) is 1.54. The van der Waals surface area contributed by atoms with Crippen LogP contribution in [0, 0.1) is 0 Å². The van der Waals surface area contributed by atoms with Crippen LogP contribution in [0.25, 0.3) is 0 Å². The van der Waals surface area contributed by atoms with Crippen LogP contribution < -0.4 is 32.7 Å². The van der Waals surface area contributed by atoms with E-state index in [9.17, 15) is 5.11 Å². The summed E-state index contributed by atoms with van der Waals surface area (Å²) in [6.07, 6.45) is 1.43. The summed E-state index contributed by atoms with van der Waals surface area (Å²) >= 11 is -0.847. The molecule has 0 rings (SSSR count). The molecule has 7 N–H and O–H groups in total. The normalized spacial score (nSPS) is 19.4. The number of halogens is 1. The van der Waals surface area contributed by atoms with Crippen LogP contribution in [0.1, 0.15) is 19.3 Å². The number of ether oxygens (including phenoxy) is 1. The van der Waals surface area contributed by atoms with E-state index in [2.05, 4.69) is 0 Å². The molecule has 0 aromatic rings. The first-order valence-corrected chi connectivity index (χ1v) is 7.61. The van der Waals surface area contributed by atoms with E-state index in [1.165, 1.54) is 7.11 Å². The molecule has 4 unspecified atom stereocenters. The fourth-order valence-corrected chi connectivity index (χ4v) is 3.26. The molecule has 0 aliphatic carbocycles. The van der Waals surface area contributed by atoms with Crippen molar-refractivity contribution in [1.29, 1.82) is 0 Å². The van der Waals surface area contributed by atoms with Crippen LogP contribution >= 0.6 is 0 Å². The zero-order chi connectivity index (χ0) is 12.6. The van der Waals surface area contributed by atoms with Crippen LogP contribution in [0.15, 0.2) is 0 Å². The van der Waals surface area contributed by atoms with Crippen LogP contribution in [-0.2, 0) is 4.74 Å². The van der Waals surface area contributed by atoms with Crippen molar-refractivity contribution < 1.29 is 41.3 Å². The standard InChI is InChI=1S/C9H22IN2O4/c1-16-9(12)3-2-6(11)4-7(14)10-8(15)5-13/h6-9,13-15H,2-5,11-12H2,1H3/q-1. The Morgan fingerprint density at radius 3 is 2.31 bits per heavy atom. The molecule has 0 spiro atoms. The van der Waals surface area contributed by atoms with Gasteiger partial charge in [-0.3, -0.25) is 0 Å². The van der Waals surface area contributed by atoms with Crippen molar-refractivity contribution in [1.82, 2.24) is 0 Å². The third-order valence-electron chi connectivity index (χ3n) is 2.06. The van der Waals surface area contributed by atoms with E-state index >= 15 is 0 Å². The van der Waals surface area contributed by atoms with Crippen molar-refractivity contribution in [3.05, 3.63) is 0 Å². The van der Waals surface area contributed by atoms with Crippen molar-refractivity contribution in [3.8, 4) is 0 Å². The van der Waals surface area contributed by atoms with Gasteiger partial charge < -0.3 is 0 Å². The average molecular weight is 349 g/mol. The molecule has 0 aliphatic heterocycles. The van der Waals surface area contributed by atoms with E-state index in [-0.39, 0.29) is 18.9 Å². The molecule has 4 atom stereocenters. The summed E-state index contributed by atoms with van der Waals surface area (Å²) in [5.74, 6) is 0. The topological polar surface area (TPSA) is 122 Å². The number of alkyl halides is 2. The molecule has 0 fully saturated rings. The zero-order valence-corrected chi connectivity index (χ0v) is 11.6. The second-order valence-corrected chi connectivity index (χ2v) is 7.12. The number of aliphatic hydroxyl groups excluding tert-OH is 3. The predicted octanol–water partition coefficient (Wildman–Crippen LogP) is -4.87. The monoisotopic (exact) mass is 349 g/mol. The first-order valence-electron chi connectivity index (χ1n) is 5.12. The van der Waals surface area contributed by atoms with Crippen LogP contribution in [0.3, 0.4) is 0 Å². The van der Waals surface area contributed by atoms with Crippen molar-refractivity contribution in [2.45, 2.75) is 39.8 Å². The van der Waals surface area contributed by atoms with E-state index < -0.39 is 29.4 Å². The zero-order valence-electron chi connectivity index (χ0n) is 9.42. The van der Waals surface area contributed by atoms with Gasteiger partial charge in [0.1, 0.15) is 0 Å². The fraction of sp³-hybridized carbons (Fsp3) is 1.00. The van der Waals surface area contributed by atoms with Gasteiger partial charge in [0.25, 0.3) is 0 Å². The average Bonchev–Trinajstić information content (AvgIpc) is 2.25. The van der Waals surface area contributed by atoms with E-state index in [1.54, 1.807) is 0 Å². The van der Waals surface area contributed by atoms with Crippen molar-refractivity contribution >= 4 is 0 Å². The Balaban J connectivity index is 3.65. The molecular formula is C9H22IN2O4-. The van der Waals surface area contributed by atoms with Gasteiger partial charge in [-0.1, -0.05) is 0 Å². The quantitative estimate of drug-likeness (QED) is 0.162. The van der Waals surface area contributed by atoms with Gasteiger partial charge in [0.15, 0.2) is 0 Å². The molecule has 7 heteroatoms. The summed E-state index contributed by atoms with van der Waals surface area (Å²) in [5.41, 5.74) is 11.3. The first-order chi connectivity index (χ1) is 7.49. The van der Waals surface area contributed by atoms with Crippen molar-refractivity contribution in [3.63, 3.8) is 0 Å². The molecule has 0 bridgehead atoms. The molecule has 16 heavy (non-hydrogen) atoms. The molecule has 0 aromatic heterocycles. The Morgan fingerprint density at radius 2 is 1.81 bits per heavy atom. The van der Waals surface area contributed by atoms with Crippen LogP contribution in [0.4, 0.5) is 0 Å². The fourth-order valence-electron chi connectivity index (χ4n) is 1.12. The minimum atomic E-state index is -0.847. The molecule has 0 saturated heterocycles. The maximum atomic E-state index is 9.58. The summed E-state index contributed by atoms with van der Waals surface area (Å²) in [5, 5.41) is 27.4. The SMILES string of the molecule is COC(N)CCC(N)CC(O)[I-]C(O)CO. The molecule has 0 saturated carbocycles. The Labute approximate surface area is 106 Å². The molecule has 100 valence electrons. The Hall–Kier alpha value is 0.490. The Bertz CT molecular complexity index is 176. The van der Waals surface area contributed by atoms with Crippen LogP contribution in [-0.4, -0.2) is 49.5 Å². The number of hydrogen-bond donors (Lipinski definition) is 5. The van der Waals surface area contributed by atoms with Gasteiger partial charge in [-0.05, 0) is 0 Å². The number of nitrogens with two attached hydrogens (primary N) is 2. The van der Waals surface area contributed by atoms with E-state index in [0.29, 0.717) is 19.3 Å². The number of aliphatic hydroxyl groups is 3. The van der Waals surface area contributed by atoms with Gasteiger partial charge >= 0.3 is 106 Å². The van der Waals surface area contributed by atoms with Crippen LogP contribution in [0.5, 0.6) is 0 Å². The summed E-state index contributed by atoms with van der Waals surface area (Å²) < 4.78 is 3.52. The molecule has 6 nitrogen and oxygen atoms in total. The molecule has 0 aromatic carbocycles. The first kappa shape index (κ1) is 16.5. The summed E-state index contributed by atoms with van der Waals surface area (Å²) in [6.45, 7) is -0.297. The van der Waals surface area contributed by atoms with Crippen molar-refractivity contribution in [2.75, 3.05) is 13.7 Å². The summed E-state index contributed by atoms with van der Waals surface area (Å²) in [4.78, 5) is 0. The second-order valence-electron chi connectivity index (χ2n) is 3.52. The van der Waals surface area contributed by atoms with E-state index in [4.69, 9.17) is 26.4 Å². The third kappa shape index (κ3) is 8.62. The number of rotatable bonds is 9. The molecule has 0 amide bonds. The molecule has 0 radical (unpaired) electrons.